The highest BCUT2D eigenvalue weighted by atomic mass is 16.2. The van der Waals surface area contributed by atoms with Crippen molar-refractivity contribution in [3.8, 4) is 0 Å². The highest BCUT2D eigenvalue weighted by molar-refractivity contribution is 5.84. The lowest BCUT2D eigenvalue weighted by molar-refractivity contribution is -0.139. The summed E-state index contributed by atoms with van der Waals surface area (Å²) in [6.07, 6.45) is 2.06. The van der Waals surface area contributed by atoms with Crippen molar-refractivity contribution in [2.24, 2.45) is 10.8 Å². The van der Waals surface area contributed by atoms with Gasteiger partial charge in [-0.2, -0.15) is 0 Å². The van der Waals surface area contributed by atoms with Crippen LogP contribution in [-0.4, -0.2) is 63.8 Å². The number of hydrogen-bond donors (Lipinski definition) is 0. The number of carbonyl (C=O) groups is 4. The molecule has 32 heavy (non-hydrogen) atoms. The molecule has 0 saturated carbocycles. The normalized spacial score (nSPS) is 14.8. The molecule has 1 atom stereocenters. The second-order valence-electron chi connectivity index (χ2n) is 12.0. The first-order valence-electron chi connectivity index (χ1n) is 11.7. The molecule has 6 nitrogen and oxygen atoms in total. The average molecular weight is 453 g/mol. The summed E-state index contributed by atoms with van der Waals surface area (Å²) in [5.41, 5.74) is -1.60. The fourth-order valence-electron chi connectivity index (χ4n) is 5.13. The molecule has 1 amide bonds. The Kier molecular flexibility index (Phi) is 10.5. The molecule has 0 radical (unpaired) electrons. The summed E-state index contributed by atoms with van der Waals surface area (Å²) in [5, 5.41) is 0. The minimum atomic E-state index is -0.523. The lowest BCUT2D eigenvalue weighted by Gasteiger charge is -2.48. The van der Waals surface area contributed by atoms with E-state index in [1.807, 2.05) is 27.7 Å². The van der Waals surface area contributed by atoms with Gasteiger partial charge in [-0.15, -0.1) is 0 Å². The fraction of sp³-hybridized carbons (Fsp3) is 0.846. The first-order valence-corrected chi connectivity index (χ1v) is 11.7. The molecular weight excluding hydrogens is 404 g/mol. The van der Waals surface area contributed by atoms with Gasteiger partial charge in [-0.3, -0.25) is 24.1 Å². The topological polar surface area (TPSA) is 74.8 Å². The molecule has 0 saturated heterocycles. The number of rotatable bonds is 14. The minimum absolute atomic E-state index is 0.0477. The maximum Gasteiger partial charge on any atom is 0.220 e. The van der Waals surface area contributed by atoms with Crippen molar-refractivity contribution >= 4 is 23.3 Å². The van der Waals surface area contributed by atoms with Crippen LogP contribution in [0.3, 0.4) is 0 Å². The second-order valence-corrected chi connectivity index (χ2v) is 12.0. The second kappa shape index (κ2) is 11.0. The van der Waals surface area contributed by atoms with Crippen molar-refractivity contribution in [3.05, 3.63) is 0 Å². The van der Waals surface area contributed by atoms with Crippen LogP contribution in [0.5, 0.6) is 0 Å². The van der Waals surface area contributed by atoms with E-state index >= 15 is 0 Å². The van der Waals surface area contributed by atoms with E-state index < -0.39 is 11.0 Å². The first kappa shape index (κ1) is 30.4. The summed E-state index contributed by atoms with van der Waals surface area (Å²) in [5.74, 6) is 0.0734. The van der Waals surface area contributed by atoms with E-state index in [2.05, 4.69) is 32.6 Å². The van der Waals surface area contributed by atoms with Gasteiger partial charge in [0, 0.05) is 30.0 Å². The summed E-state index contributed by atoms with van der Waals surface area (Å²) >= 11 is 0. The van der Waals surface area contributed by atoms with Crippen molar-refractivity contribution in [1.82, 2.24) is 9.80 Å². The molecule has 0 unspecified atom stereocenters. The van der Waals surface area contributed by atoms with Gasteiger partial charge in [0.1, 0.15) is 17.3 Å². The van der Waals surface area contributed by atoms with Gasteiger partial charge in [0.25, 0.3) is 0 Å². The predicted molar refractivity (Wildman–Crippen MR) is 131 cm³/mol. The van der Waals surface area contributed by atoms with Gasteiger partial charge in [-0.25, -0.2) is 0 Å². The summed E-state index contributed by atoms with van der Waals surface area (Å²) in [4.78, 5) is 52.4. The van der Waals surface area contributed by atoms with Crippen molar-refractivity contribution in [3.63, 3.8) is 0 Å². The smallest absolute Gasteiger partial charge is 0.220 e. The molecule has 0 aliphatic heterocycles. The largest absolute Gasteiger partial charge is 0.330 e. The molecule has 0 N–H and O–H groups in total. The third kappa shape index (κ3) is 9.13. The Labute approximate surface area is 196 Å². The Balaban J connectivity index is 5.90. The van der Waals surface area contributed by atoms with E-state index in [4.69, 9.17) is 0 Å². The van der Waals surface area contributed by atoms with Gasteiger partial charge in [-0.05, 0) is 73.1 Å². The summed E-state index contributed by atoms with van der Waals surface area (Å²) in [7, 11) is 0. The van der Waals surface area contributed by atoms with Crippen LogP contribution in [-0.2, 0) is 19.2 Å². The van der Waals surface area contributed by atoms with Crippen molar-refractivity contribution in [1.29, 1.82) is 0 Å². The molecule has 0 rings (SSSR count). The van der Waals surface area contributed by atoms with Crippen LogP contribution in [0.2, 0.25) is 0 Å². The standard InChI is InChI=1S/C26H48N2O4/c1-13-26(12,21(4)31)17-24(8,9)27(14-19(2)29)18-23(6,7)16-25(10,11)28(22(5)32)15-20(3)30/h13-18H2,1-12H3/t26-/m1/s1. The van der Waals surface area contributed by atoms with Crippen molar-refractivity contribution in [2.45, 2.75) is 113 Å². The molecule has 0 bridgehead atoms. The number of nitrogens with zero attached hydrogens (tertiary/aromatic N) is 2. The molecule has 0 fully saturated rings. The van der Waals surface area contributed by atoms with Crippen LogP contribution in [0.4, 0.5) is 0 Å². The number of hydrogen-bond acceptors (Lipinski definition) is 5. The monoisotopic (exact) mass is 452 g/mol. The molecule has 186 valence electrons. The van der Waals surface area contributed by atoms with Crippen LogP contribution in [0.15, 0.2) is 0 Å². The third-order valence-electron chi connectivity index (χ3n) is 6.74. The highest BCUT2D eigenvalue weighted by Crippen LogP contribution is 2.39. The third-order valence-corrected chi connectivity index (χ3v) is 6.74. The molecular formula is C26H48N2O4. The highest BCUT2D eigenvalue weighted by Gasteiger charge is 2.42. The molecule has 0 aromatic rings. The van der Waals surface area contributed by atoms with E-state index in [0.29, 0.717) is 25.9 Å². The van der Waals surface area contributed by atoms with Crippen LogP contribution >= 0.6 is 0 Å². The molecule has 0 aliphatic carbocycles. The maximum atomic E-state index is 12.4. The zero-order chi connectivity index (χ0) is 25.7. The zero-order valence-corrected chi connectivity index (χ0v) is 22.8. The van der Waals surface area contributed by atoms with Gasteiger partial charge in [0.2, 0.25) is 5.91 Å². The van der Waals surface area contributed by atoms with Crippen LogP contribution < -0.4 is 0 Å². The number of Topliss-reactive ketones (excluding diaryl/α,β-unsaturated/α-hetero) is 3. The van der Waals surface area contributed by atoms with Crippen molar-refractivity contribution in [2.75, 3.05) is 19.6 Å². The molecule has 0 aromatic heterocycles. The quantitative estimate of drug-likeness (QED) is 0.382. The summed E-state index contributed by atoms with van der Waals surface area (Å²) < 4.78 is 0. The number of amides is 1. The number of ketones is 3. The van der Waals surface area contributed by atoms with Gasteiger partial charge >= 0.3 is 0 Å². The Hall–Kier alpha value is -1.56. The van der Waals surface area contributed by atoms with Gasteiger partial charge < -0.3 is 4.90 Å². The molecule has 0 spiro atoms. The lowest BCUT2D eigenvalue weighted by atomic mass is 9.72. The Morgan fingerprint density at radius 1 is 0.688 bits per heavy atom. The maximum absolute atomic E-state index is 12.4. The van der Waals surface area contributed by atoms with Crippen LogP contribution in [0.1, 0.15) is 102 Å². The summed E-state index contributed by atoms with van der Waals surface area (Å²) in [6.45, 7) is 23.7. The summed E-state index contributed by atoms with van der Waals surface area (Å²) in [6, 6.07) is 0. The van der Waals surface area contributed by atoms with E-state index in [9.17, 15) is 19.2 Å². The van der Waals surface area contributed by atoms with E-state index in [1.54, 1.807) is 18.7 Å². The Morgan fingerprint density at radius 2 is 1.16 bits per heavy atom. The molecule has 6 heteroatoms. The van der Waals surface area contributed by atoms with Crippen molar-refractivity contribution < 1.29 is 19.2 Å². The van der Waals surface area contributed by atoms with Gasteiger partial charge in [0.15, 0.2) is 0 Å². The van der Waals surface area contributed by atoms with Gasteiger partial charge in [-0.1, -0.05) is 27.7 Å². The van der Waals surface area contributed by atoms with Crippen LogP contribution in [0, 0.1) is 10.8 Å². The predicted octanol–water partition coefficient (Wildman–Crippen LogP) is 4.68. The number of carbonyl (C=O) groups excluding carboxylic acids is 4. The fourth-order valence-corrected chi connectivity index (χ4v) is 5.13. The molecule has 0 aromatic carbocycles. The molecule has 0 heterocycles. The Bertz CT molecular complexity index is 709. The zero-order valence-electron chi connectivity index (χ0n) is 22.8. The van der Waals surface area contributed by atoms with E-state index in [1.165, 1.54) is 13.8 Å². The van der Waals surface area contributed by atoms with Crippen LogP contribution in [0.25, 0.3) is 0 Å². The SMILES string of the molecule is CC[C@](C)(CC(C)(C)N(CC(C)=O)CC(C)(C)CC(C)(C)N(CC(C)=O)C(C)=O)C(C)=O. The first-order chi connectivity index (χ1) is 14.2. The Morgan fingerprint density at radius 3 is 1.50 bits per heavy atom. The van der Waals surface area contributed by atoms with E-state index in [-0.39, 0.29) is 40.8 Å². The lowest BCUT2D eigenvalue weighted by Crippen LogP contribution is -2.55. The molecule has 0 aliphatic rings. The minimum Gasteiger partial charge on any atom is -0.330 e. The average Bonchev–Trinajstić information content (AvgIpc) is 2.56. The van der Waals surface area contributed by atoms with Gasteiger partial charge in [0.05, 0.1) is 13.1 Å². The van der Waals surface area contributed by atoms with E-state index in [0.717, 1.165) is 6.42 Å².